The average molecular weight is 411 g/mol. The van der Waals surface area contributed by atoms with E-state index in [2.05, 4.69) is 0 Å². The molecule has 0 unspecified atom stereocenters. The Morgan fingerprint density at radius 3 is 2.14 bits per heavy atom. The second-order valence-electron chi connectivity index (χ2n) is 6.01. The molecule has 3 aromatic carbocycles. The number of rotatable bonds is 7. The van der Waals surface area contributed by atoms with Crippen LogP contribution in [0, 0.1) is 0 Å². The minimum Gasteiger partial charge on any atom is -0.496 e. The zero-order valence-electron chi connectivity index (χ0n) is 16.1. The van der Waals surface area contributed by atoms with E-state index in [1.807, 2.05) is 6.92 Å². The van der Waals surface area contributed by atoms with Crippen molar-refractivity contribution in [3.05, 3.63) is 84.4 Å². The van der Waals surface area contributed by atoms with Crippen LogP contribution in [0.2, 0.25) is 0 Å². The Kier molecular flexibility index (Phi) is 6.19. The lowest BCUT2D eigenvalue weighted by Gasteiger charge is -2.23. The van der Waals surface area contributed by atoms with E-state index in [9.17, 15) is 13.2 Å². The quantitative estimate of drug-likeness (QED) is 0.585. The number of benzene rings is 3. The number of amides is 1. The van der Waals surface area contributed by atoms with Crippen molar-refractivity contribution >= 4 is 21.6 Å². The second-order valence-corrected chi connectivity index (χ2v) is 7.80. The predicted octanol–water partition coefficient (Wildman–Crippen LogP) is 4.13. The van der Waals surface area contributed by atoms with Gasteiger partial charge in [-0.15, -0.1) is 0 Å². The number of hydrogen-bond donors (Lipinski definition) is 0. The van der Waals surface area contributed by atoms with E-state index in [0.29, 0.717) is 12.4 Å². The topological polar surface area (TPSA) is 72.9 Å². The van der Waals surface area contributed by atoms with E-state index in [1.54, 1.807) is 60.7 Å². The Hall–Kier alpha value is -3.32. The molecule has 0 aliphatic carbocycles. The number of para-hydroxylation sites is 1. The number of ether oxygens (including phenoxy) is 2. The first kappa shape index (κ1) is 20.4. The van der Waals surface area contributed by atoms with Crippen LogP contribution in [0.4, 0.5) is 5.69 Å². The number of carbonyl (C=O) groups is 1. The number of sulfonamides is 1. The van der Waals surface area contributed by atoms with E-state index >= 15 is 0 Å². The van der Waals surface area contributed by atoms with Crippen LogP contribution in [-0.4, -0.2) is 28.0 Å². The van der Waals surface area contributed by atoms with E-state index in [-0.39, 0.29) is 21.9 Å². The first-order valence-electron chi connectivity index (χ1n) is 8.99. The Bertz CT molecular complexity index is 1080. The molecule has 3 aromatic rings. The van der Waals surface area contributed by atoms with Crippen molar-refractivity contribution in [3.63, 3.8) is 0 Å². The fraction of sp³-hybridized carbons (Fsp3) is 0.136. The van der Waals surface area contributed by atoms with Crippen molar-refractivity contribution in [2.24, 2.45) is 0 Å². The molecule has 0 spiro atoms. The summed E-state index contributed by atoms with van der Waals surface area (Å²) in [6.07, 6.45) is 0. The van der Waals surface area contributed by atoms with Crippen molar-refractivity contribution in [1.82, 2.24) is 0 Å². The van der Waals surface area contributed by atoms with Crippen LogP contribution in [0.15, 0.2) is 83.8 Å². The Labute approximate surface area is 170 Å². The molecule has 150 valence electrons. The number of carbonyl (C=O) groups excluding carboxylic acids is 1. The van der Waals surface area contributed by atoms with Gasteiger partial charge in [-0.05, 0) is 55.5 Å². The first-order chi connectivity index (χ1) is 14.0. The fourth-order valence-electron chi connectivity index (χ4n) is 2.84. The summed E-state index contributed by atoms with van der Waals surface area (Å²) in [4.78, 5) is 13.4. The van der Waals surface area contributed by atoms with E-state index in [4.69, 9.17) is 9.47 Å². The standard InChI is InChI=1S/C22H21NO5S/c1-3-28-18-15-13-17(14-16-18)23(29(25,26)19-9-5-4-6-10-19)22(24)20-11-7-8-12-21(20)27-2/h4-16H,3H2,1-2H3. The lowest BCUT2D eigenvalue weighted by atomic mass is 10.2. The molecule has 0 bridgehead atoms. The van der Waals surface area contributed by atoms with Gasteiger partial charge in [0.05, 0.1) is 29.9 Å². The van der Waals surface area contributed by atoms with Gasteiger partial charge in [-0.25, -0.2) is 8.42 Å². The van der Waals surface area contributed by atoms with Crippen molar-refractivity contribution in [1.29, 1.82) is 0 Å². The van der Waals surface area contributed by atoms with Gasteiger partial charge in [0.1, 0.15) is 11.5 Å². The minimum atomic E-state index is -4.16. The Morgan fingerprint density at radius 2 is 1.52 bits per heavy atom. The molecular formula is C22H21NO5S. The molecule has 0 N–H and O–H groups in total. The number of nitrogens with zero attached hydrogens (tertiary/aromatic N) is 1. The molecule has 6 nitrogen and oxygen atoms in total. The predicted molar refractivity (Wildman–Crippen MR) is 111 cm³/mol. The third-order valence-corrected chi connectivity index (χ3v) is 5.91. The van der Waals surface area contributed by atoms with Crippen LogP contribution < -0.4 is 13.8 Å². The Morgan fingerprint density at radius 1 is 0.897 bits per heavy atom. The largest absolute Gasteiger partial charge is 0.496 e. The fourth-order valence-corrected chi connectivity index (χ4v) is 4.27. The maximum absolute atomic E-state index is 13.4. The molecule has 7 heteroatoms. The van der Waals surface area contributed by atoms with Gasteiger partial charge in [0.15, 0.2) is 0 Å². The lowest BCUT2D eigenvalue weighted by Crippen LogP contribution is -2.37. The van der Waals surface area contributed by atoms with Crippen LogP contribution in [0.25, 0.3) is 0 Å². The number of anilines is 1. The van der Waals surface area contributed by atoms with Gasteiger partial charge >= 0.3 is 0 Å². The molecule has 0 aliphatic heterocycles. The first-order valence-corrected chi connectivity index (χ1v) is 10.4. The highest BCUT2D eigenvalue weighted by Crippen LogP contribution is 2.30. The third kappa shape index (κ3) is 4.25. The lowest BCUT2D eigenvalue weighted by molar-refractivity contribution is 0.100. The normalized spacial score (nSPS) is 11.0. The zero-order valence-corrected chi connectivity index (χ0v) is 16.9. The average Bonchev–Trinajstić information content (AvgIpc) is 2.75. The highest BCUT2D eigenvalue weighted by atomic mass is 32.2. The van der Waals surface area contributed by atoms with Gasteiger partial charge < -0.3 is 9.47 Å². The van der Waals surface area contributed by atoms with E-state index in [1.165, 1.54) is 25.3 Å². The van der Waals surface area contributed by atoms with Gasteiger partial charge in [-0.2, -0.15) is 4.31 Å². The zero-order chi connectivity index (χ0) is 20.9. The molecule has 3 rings (SSSR count). The minimum absolute atomic E-state index is 0.0112. The van der Waals surface area contributed by atoms with E-state index in [0.717, 1.165) is 4.31 Å². The molecule has 0 saturated carbocycles. The summed E-state index contributed by atoms with van der Waals surface area (Å²) >= 11 is 0. The molecule has 0 fully saturated rings. The molecule has 29 heavy (non-hydrogen) atoms. The molecule has 0 heterocycles. The van der Waals surface area contributed by atoms with Crippen molar-refractivity contribution in [2.75, 3.05) is 18.0 Å². The summed E-state index contributed by atoms with van der Waals surface area (Å²) in [6, 6.07) is 20.7. The van der Waals surface area contributed by atoms with E-state index < -0.39 is 15.9 Å². The highest BCUT2D eigenvalue weighted by Gasteiger charge is 2.33. The summed E-state index contributed by atoms with van der Waals surface area (Å²) in [5.41, 5.74) is 0.344. The molecule has 0 aromatic heterocycles. The highest BCUT2D eigenvalue weighted by molar-refractivity contribution is 7.93. The van der Waals surface area contributed by atoms with Crippen LogP contribution in [0.1, 0.15) is 17.3 Å². The Balaban J connectivity index is 2.15. The molecule has 0 aliphatic rings. The third-order valence-electron chi connectivity index (χ3n) is 4.19. The molecular weight excluding hydrogens is 390 g/mol. The monoisotopic (exact) mass is 411 g/mol. The van der Waals surface area contributed by atoms with Crippen LogP contribution in [0.5, 0.6) is 11.5 Å². The maximum Gasteiger partial charge on any atom is 0.276 e. The van der Waals surface area contributed by atoms with Crippen LogP contribution in [-0.2, 0) is 10.0 Å². The summed E-state index contributed by atoms with van der Waals surface area (Å²) < 4.78 is 38.2. The van der Waals surface area contributed by atoms with Gasteiger partial charge in [0.2, 0.25) is 0 Å². The van der Waals surface area contributed by atoms with Crippen LogP contribution >= 0.6 is 0 Å². The molecule has 0 atom stereocenters. The van der Waals surface area contributed by atoms with Crippen molar-refractivity contribution in [3.8, 4) is 11.5 Å². The SMILES string of the molecule is CCOc1ccc(N(C(=O)c2ccccc2OC)S(=O)(=O)c2ccccc2)cc1. The summed E-state index contributed by atoms with van der Waals surface area (Å²) in [7, 11) is -2.73. The second kappa shape index (κ2) is 8.79. The molecule has 0 radical (unpaired) electrons. The number of hydrogen-bond acceptors (Lipinski definition) is 5. The van der Waals surface area contributed by atoms with Crippen LogP contribution in [0.3, 0.4) is 0 Å². The van der Waals surface area contributed by atoms with Crippen molar-refractivity contribution in [2.45, 2.75) is 11.8 Å². The van der Waals surface area contributed by atoms with Gasteiger partial charge in [0.25, 0.3) is 15.9 Å². The van der Waals surface area contributed by atoms with Gasteiger partial charge in [-0.3, -0.25) is 4.79 Å². The summed E-state index contributed by atoms with van der Waals surface area (Å²) in [6.45, 7) is 2.33. The number of methoxy groups -OCH3 is 1. The molecule has 0 saturated heterocycles. The smallest absolute Gasteiger partial charge is 0.276 e. The van der Waals surface area contributed by atoms with Crippen molar-refractivity contribution < 1.29 is 22.7 Å². The van der Waals surface area contributed by atoms with Gasteiger partial charge in [0, 0.05) is 0 Å². The molecule has 1 amide bonds. The van der Waals surface area contributed by atoms with Gasteiger partial charge in [-0.1, -0.05) is 30.3 Å². The summed E-state index contributed by atoms with van der Waals surface area (Å²) in [5, 5.41) is 0. The summed E-state index contributed by atoms with van der Waals surface area (Å²) in [5.74, 6) is 0.158. The maximum atomic E-state index is 13.4.